The number of aromatic amines is 1. The molecule has 0 bridgehead atoms. The van der Waals surface area contributed by atoms with E-state index in [1.54, 1.807) is 47.4 Å². The first-order chi connectivity index (χ1) is 15.5. The number of ketones is 1. The first-order valence-corrected chi connectivity index (χ1v) is 10.2. The van der Waals surface area contributed by atoms with Crippen LogP contribution in [0.25, 0.3) is 10.9 Å². The van der Waals surface area contributed by atoms with Crippen molar-refractivity contribution in [1.29, 1.82) is 0 Å². The Morgan fingerprint density at radius 2 is 1.59 bits per heavy atom. The number of aliphatic hydroxyl groups excluding tert-OH is 1. The predicted molar refractivity (Wildman–Crippen MR) is 117 cm³/mol. The minimum absolute atomic E-state index is 0.0990. The fourth-order valence-corrected chi connectivity index (χ4v) is 3.77. The summed E-state index contributed by atoms with van der Waals surface area (Å²) < 4.78 is 0. The third-order valence-corrected chi connectivity index (χ3v) is 5.45. The number of amides is 3. The van der Waals surface area contributed by atoms with E-state index in [0.29, 0.717) is 35.2 Å². The van der Waals surface area contributed by atoms with E-state index in [0.717, 1.165) is 0 Å². The molecular weight excluding hydrogens is 412 g/mol. The van der Waals surface area contributed by atoms with E-state index in [9.17, 15) is 19.2 Å². The lowest BCUT2D eigenvalue weighted by atomic mass is 10.1. The van der Waals surface area contributed by atoms with Crippen molar-refractivity contribution in [3.8, 4) is 0 Å². The lowest BCUT2D eigenvalue weighted by Crippen LogP contribution is -2.52. The van der Waals surface area contributed by atoms with Crippen molar-refractivity contribution >= 4 is 40.1 Å². The van der Waals surface area contributed by atoms with Gasteiger partial charge in [-0.15, -0.1) is 0 Å². The molecule has 0 atom stereocenters. The van der Waals surface area contributed by atoms with Gasteiger partial charge in [0.25, 0.3) is 17.6 Å². The fraction of sp³-hybridized carbons (Fsp3) is 0.217. The number of piperazine rings is 1. The lowest BCUT2D eigenvalue weighted by molar-refractivity contribution is -0.127. The number of nitrogens with one attached hydrogen (secondary N) is 2. The Labute approximate surface area is 183 Å². The Balaban J connectivity index is 1.45. The van der Waals surface area contributed by atoms with Crippen LogP contribution >= 0.6 is 0 Å². The SMILES string of the molecule is O=C(CO)Nc1cccc2c(C(=O)C(=O)N3CCN(C(=O)c4ccccc4)CC3)c[nH]c12. The Bertz CT molecular complexity index is 1180. The summed E-state index contributed by atoms with van der Waals surface area (Å²) in [4.78, 5) is 55.9. The average Bonchev–Trinajstić information content (AvgIpc) is 3.28. The molecule has 0 radical (unpaired) electrons. The van der Waals surface area contributed by atoms with E-state index in [1.165, 1.54) is 11.1 Å². The molecule has 0 unspecified atom stereocenters. The largest absolute Gasteiger partial charge is 0.387 e. The number of aromatic nitrogens is 1. The van der Waals surface area contributed by atoms with Crippen molar-refractivity contribution in [3.05, 3.63) is 65.9 Å². The van der Waals surface area contributed by atoms with Gasteiger partial charge in [-0.05, 0) is 18.2 Å². The number of carbonyl (C=O) groups excluding carboxylic acids is 4. The van der Waals surface area contributed by atoms with Gasteiger partial charge in [-0.3, -0.25) is 19.2 Å². The Hall–Kier alpha value is -3.98. The maximum absolute atomic E-state index is 12.9. The number of hydrogen-bond acceptors (Lipinski definition) is 5. The number of anilines is 1. The lowest BCUT2D eigenvalue weighted by Gasteiger charge is -2.34. The molecule has 3 amide bonds. The van der Waals surface area contributed by atoms with Crippen molar-refractivity contribution < 1.29 is 24.3 Å². The number of fused-ring (bicyclic) bond motifs is 1. The maximum Gasteiger partial charge on any atom is 0.295 e. The molecule has 1 aliphatic rings. The summed E-state index contributed by atoms with van der Waals surface area (Å²) in [5.74, 6) is -1.98. The second-order valence-corrected chi connectivity index (χ2v) is 7.42. The third-order valence-electron chi connectivity index (χ3n) is 5.45. The van der Waals surface area contributed by atoms with Crippen LogP contribution in [-0.2, 0) is 9.59 Å². The summed E-state index contributed by atoms with van der Waals surface area (Å²) in [5.41, 5.74) is 1.68. The van der Waals surface area contributed by atoms with Gasteiger partial charge in [-0.2, -0.15) is 0 Å². The Morgan fingerprint density at radius 3 is 2.28 bits per heavy atom. The van der Waals surface area contributed by atoms with Crippen molar-refractivity contribution in [2.75, 3.05) is 38.1 Å². The summed E-state index contributed by atoms with van der Waals surface area (Å²) in [6.45, 7) is 0.558. The van der Waals surface area contributed by atoms with Crippen molar-refractivity contribution in [2.24, 2.45) is 0 Å². The maximum atomic E-state index is 12.9. The van der Waals surface area contributed by atoms with Gasteiger partial charge in [0.15, 0.2) is 0 Å². The van der Waals surface area contributed by atoms with Gasteiger partial charge in [0.2, 0.25) is 5.91 Å². The van der Waals surface area contributed by atoms with Crippen molar-refractivity contribution in [2.45, 2.75) is 0 Å². The first kappa shape index (κ1) is 21.3. The number of benzene rings is 2. The first-order valence-electron chi connectivity index (χ1n) is 10.2. The van der Waals surface area contributed by atoms with Crippen LogP contribution in [-0.4, -0.2) is 76.2 Å². The summed E-state index contributed by atoms with van der Waals surface area (Å²) in [7, 11) is 0. The zero-order valence-corrected chi connectivity index (χ0v) is 17.2. The van der Waals surface area contributed by atoms with Crippen molar-refractivity contribution in [1.82, 2.24) is 14.8 Å². The summed E-state index contributed by atoms with van der Waals surface area (Å²) >= 11 is 0. The van der Waals surface area contributed by atoms with E-state index in [4.69, 9.17) is 5.11 Å². The molecule has 4 rings (SSSR count). The number of carbonyl (C=O) groups is 4. The van der Waals surface area contributed by atoms with Crippen LogP contribution in [0.1, 0.15) is 20.7 Å². The van der Waals surface area contributed by atoms with Crippen LogP contribution in [0, 0.1) is 0 Å². The molecule has 2 heterocycles. The monoisotopic (exact) mass is 434 g/mol. The van der Waals surface area contributed by atoms with Gasteiger partial charge in [-0.1, -0.05) is 30.3 Å². The number of nitrogens with zero attached hydrogens (tertiary/aromatic N) is 2. The Morgan fingerprint density at radius 1 is 0.906 bits per heavy atom. The van der Waals surface area contributed by atoms with Gasteiger partial charge in [-0.25, -0.2) is 0 Å². The molecule has 0 saturated carbocycles. The number of hydrogen-bond donors (Lipinski definition) is 3. The molecule has 9 nitrogen and oxygen atoms in total. The molecular formula is C23H22N4O5. The third kappa shape index (κ3) is 4.10. The zero-order chi connectivity index (χ0) is 22.7. The number of H-pyrrole nitrogens is 1. The summed E-state index contributed by atoms with van der Waals surface area (Å²) in [6.07, 6.45) is 1.44. The summed E-state index contributed by atoms with van der Waals surface area (Å²) in [5, 5.41) is 12.0. The van der Waals surface area contributed by atoms with E-state index < -0.39 is 24.2 Å². The summed E-state index contributed by atoms with van der Waals surface area (Å²) in [6, 6.07) is 13.9. The zero-order valence-electron chi connectivity index (χ0n) is 17.2. The molecule has 2 aromatic carbocycles. The highest BCUT2D eigenvalue weighted by Crippen LogP contribution is 2.26. The molecule has 32 heavy (non-hydrogen) atoms. The molecule has 3 N–H and O–H groups in total. The van der Waals surface area contributed by atoms with Crippen LogP contribution in [0.4, 0.5) is 5.69 Å². The normalized spacial score (nSPS) is 13.8. The molecule has 3 aromatic rings. The smallest absolute Gasteiger partial charge is 0.295 e. The molecule has 1 aliphatic heterocycles. The highest BCUT2D eigenvalue weighted by Gasteiger charge is 2.30. The molecule has 1 saturated heterocycles. The Kier molecular flexibility index (Phi) is 6.00. The average molecular weight is 434 g/mol. The topological polar surface area (TPSA) is 123 Å². The number of Topliss-reactive ketones (excluding diaryl/α,β-unsaturated/α-hetero) is 1. The van der Waals surface area contributed by atoms with Gasteiger partial charge < -0.3 is 25.2 Å². The minimum atomic E-state index is -0.667. The van der Waals surface area contributed by atoms with Crippen LogP contribution in [0.5, 0.6) is 0 Å². The molecule has 9 heteroatoms. The fourth-order valence-electron chi connectivity index (χ4n) is 3.77. The van der Waals surface area contributed by atoms with E-state index >= 15 is 0 Å². The van der Waals surface area contributed by atoms with Gasteiger partial charge in [0, 0.05) is 43.3 Å². The predicted octanol–water partition coefficient (Wildman–Crippen LogP) is 1.27. The minimum Gasteiger partial charge on any atom is -0.387 e. The van der Waals surface area contributed by atoms with Crippen LogP contribution < -0.4 is 5.32 Å². The quantitative estimate of drug-likeness (QED) is 0.412. The number of para-hydroxylation sites is 1. The van der Waals surface area contributed by atoms with E-state index in [1.807, 2.05) is 6.07 Å². The highest BCUT2D eigenvalue weighted by atomic mass is 16.3. The van der Waals surface area contributed by atoms with Gasteiger partial charge >= 0.3 is 0 Å². The van der Waals surface area contributed by atoms with Crippen LogP contribution in [0.15, 0.2) is 54.7 Å². The molecule has 164 valence electrons. The highest BCUT2D eigenvalue weighted by molar-refractivity contribution is 6.45. The molecule has 1 aromatic heterocycles. The number of aliphatic hydroxyl groups is 1. The van der Waals surface area contributed by atoms with Gasteiger partial charge in [0.05, 0.1) is 16.8 Å². The van der Waals surface area contributed by atoms with Crippen LogP contribution in [0.3, 0.4) is 0 Å². The second-order valence-electron chi connectivity index (χ2n) is 7.42. The number of rotatable bonds is 5. The van der Waals surface area contributed by atoms with Gasteiger partial charge in [0.1, 0.15) is 6.61 Å². The standard InChI is InChI=1S/C23H22N4O5/c28-14-19(29)25-18-8-4-7-16-17(13-24-20(16)18)21(30)23(32)27-11-9-26(10-12-27)22(31)15-5-2-1-3-6-15/h1-8,13,24,28H,9-12,14H2,(H,25,29). The molecule has 0 spiro atoms. The van der Waals surface area contributed by atoms with E-state index in [2.05, 4.69) is 10.3 Å². The van der Waals surface area contributed by atoms with E-state index in [-0.39, 0.29) is 24.6 Å². The molecule has 1 fully saturated rings. The van der Waals surface area contributed by atoms with Crippen molar-refractivity contribution in [3.63, 3.8) is 0 Å². The molecule has 0 aliphatic carbocycles. The second kappa shape index (κ2) is 9.03. The van der Waals surface area contributed by atoms with Crippen LogP contribution in [0.2, 0.25) is 0 Å².